The molecule has 0 fully saturated rings. The normalized spacial score (nSPS) is 11.8. The predicted molar refractivity (Wildman–Crippen MR) is 69.8 cm³/mol. The maximum Gasteiger partial charge on any atom is 0.303 e. The van der Waals surface area contributed by atoms with Gasteiger partial charge >= 0.3 is 5.97 Å². The molecule has 6 nitrogen and oxygen atoms in total. The van der Waals surface area contributed by atoms with Crippen molar-refractivity contribution in [2.45, 2.75) is 38.8 Å². The zero-order chi connectivity index (χ0) is 14.3. The Balaban J connectivity index is 2.34. The first-order valence-electron chi connectivity index (χ1n) is 6.15. The second kappa shape index (κ2) is 7.35. The molecule has 104 valence electrons. The fraction of sp³-hybridized carbons (Fsp3) is 0.462. The van der Waals surface area contributed by atoms with Crippen molar-refractivity contribution in [3.05, 3.63) is 34.7 Å². The van der Waals surface area contributed by atoms with Gasteiger partial charge in [-0.25, -0.2) is 0 Å². The summed E-state index contributed by atoms with van der Waals surface area (Å²) < 4.78 is 1.46. The highest BCUT2D eigenvalue weighted by atomic mass is 16.4. The quantitative estimate of drug-likeness (QED) is 0.756. The van der Waals surface area contributed by atoms with Crippen molar-refractivity contribution in [2.24, 2.45) is 0 Å². The molecule has 1 heterocycles. The minimum atomic E-state index is -0.878. The molecule has 1 rings (SSSR count). The number of amides is 1. The fourth-order valence-electron chi connectivity index (χ4n) is 1.63. The number of hydrogen-bond donors (Lipinski definition) is 2. The van der Waals surface area contributed by atoms with Crippen molar-refractivity contribution >= 4 is 11.9 Å². The summed E-state index contributed by atoms with van der Waals surface area (Å²) >= 11 is 0. The van der Waals surface area contributed by atoms with E-state index in [1.807, 2.05) is 0 Å². The Morgan fingerprint density at radius 3 is 2.74 bits per heavy atom. The zero-order valence-electron chi connectivity index (χ0n) is 10.8. The van der Waals surface area contributed by atoms with Crippen LogP contribution < -0.4 is 10.9 Å². The van der Waals surface area contributed by atoms with Gasteiger partial charge in [0.1, 0.15) is 0 Å². The van der Waals surface area contributed by atoms with Gasteiger partial charge in [0, 0.05) is 37.7 Å². The molecule has 19 heavy (non-hydrogen) atoms. The summed E-state index contributed by atoms with van der Waals surface area (Å²) in [5, 5.41) is 11.2. The molecule has 0 radical (unpaired) electrons. The minimum absolute atomic E-state index is 0.0274. The van der Waals surface area contributed by atoms with Gasteiger partial charge in [0.2, 0.25) is 5.91 Å². The number of carboxylic acid groups (broad SMARTS) is 1. The number of aliphatic carboxylic acids is 1. The summed E-state index contributed by atoms with van der Waals surface area (Å²) in [4.78, 5) is 33.4. The zero-order valence-corrected chi connectivity index (χ0v) is 10.8. The molecule has 0 aliphatic rings. The molecule has 0 aliphatic heterocycles. The number of aromatic nitrogens is 1. The first-order valence-corrected chi connectivity index (χ1v) is 6.15. The third-order valence-corrected chi connectivity index (χ3v) is 2.68. The van der Waals surface area contributed by atoms with E-state index in [-0.39, 0.29) is 30.3 Å². The highest BCUT2D eigenvalue weighted by Crippen LogP contribution is 1.97. The minimum Gasteiger partial charge on any atom is -0.481 e. The van der Waals surface area contributed by atoms with Gasteiger partial charge in [-0.3, -0.25) is 14.4 Å². The Morgan fingerprint density at radius 1 is 1.37 bits per heavy atom. The molecule has 0 bridgehead atoms. The number of rotatable bonds is 7. The number of hydrogen-bond acceptors (Lipinski definition) is 3. The van der Waals surface area contributed by atoms with Crippen LogP contribution in [-0.2, 0) is 16.1 Å². The van der Waals surface area contributed by atoms with Crippen LogP contribution in [0.3, 0.4) is 0 Å². The molecule has 0 aliphatic carbocycles. The molecule has 1 atom stereocenters. The topological polar surface area (TPSA) is 88.4 Å². The van der Waals surface area contributed by atoms with Gasteiger partial charge in [0.25, 0.3) is 5.56 Å². The lowest BCUT2D eigenvalue weighted by Gasteiger charge is -2.13. The largest absolute Gasteiger partial charge is 0.481 e. The van der Waals surface area contributed by atoms with E-state index in [1.165, 1.54) is 10.6 Å². The second-order valence-corrected chi connectivity index (χ2v) is 4.38. The van der Waals surface area contributed by atoms with Crippen LogP contribution in [-0.4, -0.2) is 27.6 Å². The van der Waals surface area contributed by atoms with Crippen molar-refractivity contribution in [1.29, 1.82) is 0 Å². The molecule has 0 saturated carbocycles. The number of aryl methyl sites for hydroxylation is 1. The standard InChI is InChI=1S/C13H18N2O4/c1-10(5-6-13(18)19)14-11(16)7-9-15-8-3-2-4-12(15)17/h2-4,8,10H,5-7,9H2,1H3,(H,14,16)(H,18,19). The first kappa shape index (κ1) is 14.9. The van der Waals surface area contributed by atoms with Crippen LogP contribution in [0.25, 0.3) is 0 Å². The maximum atomic E-state index is 11.6. The van der Waals surface area contributed by atoms with E-state index in [0.717, 1.165) is 0 Å². The lowest BCUT2D eigenvalue weighted by Crippen LogP contribution is -2.34. The Hall–Kier alpha value is -2.11. The van der Waals surface area contributed by atoms with E-state index in [1.54, 1.807) is 25.3 Å². The van der Waals surface area contributed by atoms with E-state index >= 15 is 0 Å². The van der Waals surface area contributed by atoms with Gasteiger partial charge in [-0.2, -0.15) is 0 Å². The van der Waals surface area contributed by atoms with Crippen LogP contribution >= 0.6 is 0 Å². The molecule has 1 unspecified atom stereocenters. The van der Waals surface area contributed by atoms with Crippen molar-refractivity contribution in [1.82, 2.24) is 9.88 Å². The lowest BCUT2D eigenvalue weighted by molar-refractivity contribution is -0.137. The lowest BCUT2D eigenvalue weighted by atomic mass is 10.2. The number of carbonyl (C=O) groups is 2. The van der Waals surface area contributed by atoms with Crippen molar-refractivity contribution in [3.8, 4) is 0 Å². The number of pyridine rings is 1. The summed E-state index contributed by atoms with van der Waals surface area (Å²) in [6.07, 6.45) is 2.25. The summed E-state index contributed by atoms with van der Waals surface area (Å²) in [5.74, 6) is -1.06. The summed E-state index contributed by atoms with van der Waals surface area (Å²) in [6.45, 7) is 2.08. The number of nitrogens with zero attached hydrogens (tertiary/aromatic N) is 1. The molecular weight excluding hydrogens is 248 g/mol. The second-order valence-electron chi connectivity index (χ2n) is 4.38. The highest BCUT2D eigenvalue weighted by molar-refractivity contribution is 5.76. The van der Waals surface area contributed by atoms with Crippen LogP contribution in [0.2, 0.25) is 0 Å². The molecular formula is C13H18N2O4. The predicted octanol–water partition coefficient (Wildman–Crippen LogP) is 0.608. The van der Waals surface area contributed by atoms with Gasteiger partial charge in [-0.05, 0) is 19.4 Å². The van der Waals surface area contributed by atoms with E-state index in [9.17, 15) is 14.4 Å². The third-order valence-electron chi connectivity index (χ3n) is 2.68. The Labute approximate surface area is 111 Å². The molecule has 6 heteroatoms. The molecule has 0 saturated heterocycles. The molecule has 0 spiro atoms. The van der Waals surface area contributed by atoms with E-state index in [0.29, 0.717) is 13.0 Å². The van der Waals surface area contributed by atoms with Gasteiger partial charge in [0.05, 0.1) is 0 Å². The van der Waals surface area contributed by atoms with Crippen molar-refractivity contribution in [3.63, 3.8) is 0 Å². The Kier molecular flexibility index (Phi) is 5.78. The van der Waals surface area contributed by atoms with Gasteiger partial charge in [-0.1, -0.05) is 6.07 Å². The van der Waals surface area contributed by atoms with E-state index in [2.05, 4.69) is 5.32 Å². The highest BCUT2D eigenvalue weighted by Gasteiger charge is 2.09. The molecule has 1 amide bonds. The van der Waals surface area contributed by atoms with E-state index < -0.39 is 5.97 Å². The van der Waals surface area contributed by atoms with Crippen LogP contribution in [0, 0.1) is 0 Å². The molecule has 2 N–H and O–H groups in total. The van der Waals surface area contributed by atoms with E-state index in [4.69, 9.17) is 5.11 Å². The van der Waals surface area contributed by atoms with Crippen LogP contribution in [0.1, 0.15) is 26.2 Å². The van der Waals surface area contributed by atoms with Crippen LogP contribution in [0.5, 0.6) is 0 Å². The number of carboxylic acids is 1. The maximum absolute atomic E-state index is 11.6. The van der Waals surface area contributed by atoms with Crippen LogP contribution in [0.15, 0.2) is 29.2 Å². The molecule has 1 aromatic heterocycles. The summed E-state index contributed by atoms with van der Waals surface area (Å²) in [6, 6.07) is 4.63. The number of carbonyl (C=O) groups excluding carboxylic acids is 1. The number of nitrogens with one attached hydrogen (secondary N) is 1. The smallest absolute Gasteiger partial charge is 0.303 e. The average Bonchev–Trinajstić information content (AvgIpc) is 2.35. The Morgan fingerprint density at radius 2 is 2.11 bits per heavy atom. The van der Waals surface area contributed by atoms with Crippen molar-refractivity contribution in [2.75, 3.05) is 0 Å². The first-order chi connectivity index (χ1) is 8.99. The van der Waals surface area contributed by atoms with Gasteiger partial charge in [-0.15, -0.1) is 0 Å². The third kappa shape index (κ3) is 5.85. The van der Waals surface area contributed by atoms with Crippen molar-refractivity contribution < 1.29 is 14.7 Å². The monoisotopic (exact) mass is 266 g/mol. The van der Waals surface area contributed by atoms with Gasteiger partial charge in [0.15, 0.2) is 0 Å². The van der Waals surface area contributed by atoms with Crippen LogP contribution in [0.4, 0.5) is 0 Å². The fourth-order valence-corrected chi connectivity index (χ4v) is 1.63. The summed E-state index contributed by atoms with van der Waals surface area (Å²) in [5.41, 5.74) is -0.144. The average molecular weight is 266 g/mol. The Bertz CT molecular complexity index is 495. The SMILES string of the molecule is CC(CCC(=O)O)NC(=O)CCn1ccccc1=O. The molecule has 1 aromatic rings. The van der Waals surface area contributed by atoms with Gasteiger partial charge < -0.3 is 15.0 Å². The summed E-state index contributed by atoms with van der Waals surface area (Å²) in [7, 11) is 0. The molecule has 0 aromatic carbocycles.